The summed E-state index contributed by atoms with van der Waals surface area (Å²) in [6.45, 7) is 8.80. The molecule has 2 fully saturated rings. The fourth-order valence-corrected chi connectivity index (χ4v) is 3.84. The van der Waals surface area contributed by atoms with Gasteiger partial charge in [-0.15, -0.1) is 0 Å². The van der Waals surface area contributed by atoms with Gasteiger partial charge >= 0.3 is 5.97 Å². The van der Waals surface area contributed by atoms with Crippen molar-refractivity contribution in [2.24, 2.45) is 10.9 Å². The molecule has 2 aliphatic heterocycles. The Hall–Kier alpha value is -2.35. The van der Waals surface area contributed by atoms with Crippen LogP contribution in [0.5, 0.6) is 0 Å². The Labute approximate surface area is 173 Å². The zero-order chi connectivity index (χ0) is 20.6. The van der Waals surface area contributed by atoms with Crippen molar-refractivity contribution >= 4 is 17.7 Å². The van der Waals surface area contributed by atoms with Crippen LogP contribution in [0.2, 0.25) is 0 Å². The lowest BCUT2D eigenvalue weighted by Crippen LogP contribution is -2.46. The monoisotopic (exact) mass is 402 g/mol. The molecule has 1 aromatic rings. The lowest BCUT2D eigenvalue weighted by atomic mass is 9.97. The van der Waals surface area contributed by atoms with Crippen LogP contribution in [0.4, 0.5) is 5.82 Å². The summed E-state index contributed by atoms with van der Waals surface area (Å²) in [7, 11) is 3.96. The summed E-state index contributed by atoms with van der Waals surface area (Å²) >= 11 is 0. The predicted octanol–water partition coefficient (Wildman–Crippen LogP) is 1.18. The van der Waals surface area contributed by atoms with Crippen molar-refractivity contribution in [3.63, 3.8) is 0 Å². The Balaban J connectivity index is 1.47. The normalized spacial score (nSPS) is 19.3. The molecule has 0 atom stereocenters. The Bertz CT molecular complexity index is 677. The molecule has 0 unspecified atom stereocenters. The number of pyridine rings is 1. The second-order valence-corrected chi connectivity index (χ2v) is 7.73. The maximum Gasteiger partial charge on any atom is 0.309 e. The molecular formula is C21H34N6O2. The van der Waals surface area contributed by atoms with Crippen LogP contribution in [0.15, 0.2) is 23.3 Å². The number of carbonyl (C=O) groups is 1. The van der Waals surface area contributed by atoms with Crippen LogP contribution in [0, 0.1) is 5.92 Å². The van der Waals surface area contributed by atoms with Gasteiger partial charge in [0.15, 0.2) is 5.96 Å². The minimum atomic E-state index is -0.0680. The number of piperidine rings is 1. The largest absolute Gasteiger partial charge is 0.466 e. The molecular weight excluding hydrogens is 368 g/mol. The van der Waals surface area contributed by atoms with Gasteiger partial charge in [-0.1, -0.05) is 6.07 Å². The van der Waals surface area contributed by atoms with Crippen molar-refractivity contribution < 1.29 is 9.53 Å². The standard InChI is InChI=1S/C21H34N6O2/c1-4-29-20(28)18-7-9-27(10-8-18)21(22-2)24-16-17-5-6-19(23-15-17)26-13-11-25(3)12-14-26/h5-6,15,18H,4,7-14,16H2,1-3H3,(H,22,24). The Morgan fingerprint density at radius 2 is 1.93 bits per heavy atom. The first kappa shape index (κ1) is 21.4. The van der Waals surface area contributed by atoms with E-state index in [2.05, 4.69) is 49.2 Å². The van der Waals surface area contributed by atoms with Gasteiger partial charge in [-0.2, -0.15) is 0 Å². The van der Waals surface area contributed by atoms with E-state index in [1.54, 1.807) is 7.05 Å². The highest BCUT2D eigenvalue weighted by Crippen LogP contribution is 2.19. The highest BCUT2D eigenvalue weighted by Gasteiger charge is 2.27. The molecule has 0 spiro atoms. The third kappa shape index (κ3) is 5.82. The molecule has 0 radical (unpaired) electrons. The second kappa shape index (κ2) is 10.4. The van der Waals surface area contributed by atoms with E-state index in [0.29, 0.717) is 13.2 Å². The van der Waals surface area contributed by atoms with E-state index in [0.717, 1.165) is 69.5 Å². The number of esters is 1. The lowest BCUT2D eigenvalue weighted by Gasteiger charge is -2.33. The number of hydrogen-bond donors (Lipinski definition) is 1. The summed E-state index contributed by atoms with van der Waals surface area (Å²) in [4.78, 5) is 27.9. The number of anilines is 1. The van der Waals surface area contributed by atoms with Gasteiger partial charge < -0.3 is 24.8 Å². The van der Waals surface area contributed by atoms with E-state index in [4.69, 9.17) is 4.74 Å². The number of rotatable bonds is 5. The zero-order valence-corrected chi connectivity index (χ0v) is 17.9. The molecule has 0 aromatic carbocycles. The van der Waals surface area contributed by atoms with Crippen molar-refractivity contribution in [1.29, 1.82) is 0 Å². The van der Waals surface area contributed by atoms with E-state index in [9.17, 15) is 4.79 Å². The molecule has 3 rings (SSSR count). The summed E-state index contributed by atoms with van der Waals surface area (Å²) in [5.74, 6) is 1.86. The SMILES string of the molecule is CCOC(=O)C1CCN(C(=NC)NCc2ccc(N3CCN(C)CC3)nc2)CC1. The number of piperazine rings is 1. The molecule has 0 bridgehead atoms. The number of guanidine groups is 1. The third-order valence-corrected chi connectivity index (χ3v) is 5.71. The molecule has 8 heteroatoms. The number of aromatic nitrogens is 1. The van der Waals surface area contributed by atoms with E-state index < -0.39 is 0 Å². The molecule has 29 heavy (non-hydrogen) atoms. The summed E-state index contributed by atoms with van der Waals surface area (Å²) < 4.78 is 5.15. The molecule has 8 nitrogen and oxygen atoms in total. The van der Waals surface area contributed by atoms with Crippen molar-refractivity contribution in [1.82, 2.24) is 20.1 Å². The molecule has 0 aliphatic carbocycles. The highest BCUT2D eigenvalue weighted by molar-refractivity contribution is 5.80. The molecule has 0 saturated carbocycles. The minimum absolute atomic E-state index is 0.00984. The van der Waals surface area contributed by atoms with Gasteiger partial charge in [-0.25, -0.2) is 4.98 Å². The fourth-order valence-electron chi connectivity index (χ4n) is 3.84. The van der Waals surface area contributed by atoms with Crippen molar-refractivity contribution in [2.45, 2.75) is 26.3 Å². The van der Waals surface area contributed by atoms with Gasteiger partial charge in [0.25, 0.3) is 0 Å². The van der Waals surface area contributed by atoms with Crippen LogP contribution in [0.1, 0.15) is 25.3 Å². The van der Waals surface area contributed by atoms with Crippen molar-refractivity contribution in [3.8, 4) is 0 Å². The van der Waals surface area contributed by atoms with Gasteiger partial charge in [0.05, 0.1) is 12.5 Å². The maximum absolute atomic E-state index is 11.9. The molecule has 1 N–H and O–H groups in total. The van der Waals surface area contributed by atoms with Gasteiger partial charge in [0.2, 0.25) is 0 Å². The predicted molar refractivity (Wildman–Crippen MR) is 115 cm³/mol. The number of nitrogens with zero attached hydrogens (tertiary/aromatic N) is 5. The van der Waals surface area contributed by atoms with Crippen molar-refractivity contribution in [2.75, 3.05) is 64.9 Å². The molecule has 0 amide bonds. The summed E-state index contributed by atoms with van der Waals surface area (Å²) in [5.41, 5.74) is 1.13. The molecule has 160 valence electrons. The van der Waals surface area contributed by atoms with Gasteiger partial charge in [-0.3, -0.25) is 9.79 Å². The summed E-state index contributed by atoms with van der Waals surface area (Å²) in [6, 6.07) is 4.24. The molecule has 2 saturated heterocycles. The first-order valence-electron chi connectivity index (χ1n) is 10.6. The molecule has 3 heterocycles. The van der Waals surface area contributed by atoms with Crippen molar-refractivity contribution in [3.05, 3.63) is 23.9 Å². The second-order valence-electron chi connectivity index (χ2n) is 7.73. The Morgan fingerprint density at radius 3 is 2.52 bits per heavy atom. The van der Waals surface area contributed by atoms with E-state index >= 15 is 0 Å². The van der Waals surface area contributed by atoms with Gasteiger partial charge in [-0.05, 0) is 38.4 Å². The van der Waals surface area contributed by atoms with Gasteiger partial charge in [0, 0.05) is 59.1 Å². The highest BCUT2D eigenvalue weighted by atomic mass is 16.5. The van der Waals surface area contributed by atoms with Crippen LogP contribution in [0.3, 0.4) is 0 Å². The molecule has 2 aliphatic rings. The van der Waals surface area contributed by atoms with E-state index in [1.165, 1.54) is 0 Å². The topological polar surface area (TPSA) is 73.3 Å². The quantitative estimate of drug-likeness (QED) is 0.450. The smallest absolute Gasteiger partial charge is 0.309 e. The summed E-state index contributed by atoms with van der Waals surface area (Å²) in [5, 5.41) is 3.43. The van der Waals surface area contributed by atoms with E-state index in [-0.39, 0.29) is 11.9 Å². The van der Waals surface area contributed by atoms with E-state index in [1.807, 2.05) is 13.1 Å². The van der Waals surface area contributed by atoms with Crippen LogP contribution >= 0.6 is 0 Å². The Kier molecular flexibility index (Phi) is 7.69. The lowest BCUT2D eigenvalue weighted by molar-refractivity contribution is -0.149. The number of aliphatic imine (C=N–C) groups is 1. The average molecular weight is 403 g/mol. The fraction of sp³-hybridized carbons (Fsp3) is 0.667. The summed E-state index contributed by atoms with van der Waals surface area (Å²) in [6.07, 6.45) is 3.56. The third-order valence-electron chi connectivity index (χ3n) is 5.71. The first-order valence-corrected chi connectivity index (χ1v) is 10.6. The van der Waals surface area contributed by atoms with Crippen LogP contribution in [-0.4, -0.2) is 86.7 Å². The molecule has 1 aromatic heterocycles. The maximum atomic E-state index is 11.9. The first-order chi connectivity index (χ1) is 14.1. The van der Waals surface area contributed by atoms with Crippen LogP contribution in [-0.2, 0) is 16.1 Å². The van der Waals surface area contributed by atoms with Gasteiger partial charge in [0.1, 0.15) is 5.82 Å². The minimum Gasteiger partial charge on any atom is -0.466 e. The number of nitrogens with one attached hydrogen (secondary N) is 1. The number of hydrogen-bond acceptors (Lipinski definition) is 6. The number of carbonyl (C=O) groups excluding carboxylic acids is 1. The average Bonchev–Trinajstić information content (AvgIpc) is 2.76. The number of likely N-dealkylation sites (tertiary alicyclic amines) is 1. The zero-order valence-electron chi connectivity index (χ0n) is 17.9. The Morgan fingerprint density at radius 1 is 1.21 bits per heavy atom. The number of likely N-dealkylation sites (N-methyl/N-ethyl adjacent to an activating group) is 1. The number of ether oxygens (including phenoxy) is 1. The van der Waals surface area contributed by atoms with Crippen LogP contribution in [0.25, 0.3) is 0 Å². The van der Waals surface area contributed by atoms with Crippen LogP contribution < -0.4 is 10.2 Å².